The molecule has 4 aromatic rings. The van der Waals surface area contributed by atoms with Crippen molar-refractivity contribution in [2.24, 2.45) is 5.10 Å². The summed E-state index contributed by atoms with van der Waals surface area (Å²) in [5.74, 6) is -0.693. The summed E-state index contributed by atoms with van der Waals surface area (Å²) in [7, 11) is 0. The van der Waals surface area contributed by atoms with Crippen molar-refractivity contribution < 1.29 is 9.18 Å². The van der Waals surface area contributed by atoms with Crippen molar-refractivity contribution in [3.05, 3.63) is 101 Å². The molecule has 0 spiro atoms. The first-order chi connectivity index (χ1) is 14.1. The van der Waals surface area contributed by atoms with Crippen molar-refractivity contribution in [1.82, 2.24) is 10.4 Å². The highest BCUT2D eigenvalue weighted by atomic mass is 35.5. The Morgan fingerprint density at radius 3 is 2.48 bits per heavy atom. The quantitative estimate of drug-likeness (QED) is 0.363. The molecule has 1 N–H and O–H groups in total. The van der Waals surface area contributed by atoms with Crippen LogP contribution in [0.2, 0.25) is 5.02 Å². The van der Waals surface area contributed by atoms with E-state index in [1.165, 1.54) is 18.3 Å². The molecule has 4 nitrogen and oxygen atoms in total. The predicted octanol–water partition coefficient (Wildman–Crippen LogP) is 5.46. The fraction of sp³-hybridized carbons (Fsp3) is 0. The molecule has 1 amide bonds. The van der Waals surface area contributed by atoms with Crippen LogP contribution in [-0.4, -0.2) is 17.1 Å². The topological polar surface area (TPSA) is 54.4 Å². The van der Waals surface area contributed by atoms with E-state index < -0.39 is 0 Å². The van der Waals surface area contributed by atoms with Crippen LogP contribution in [-0.2, 0) is 0 Å². The number of hydrazone groups is 1. The van der Waals surface area contributed by atoms with E-state index in [-0.39, 0.29) is 11.7 Å². The second-order valence-electron chi connectivity index (χ2n) is 6.33. The number of rotatable bonds is 4. The van der Waals surface area contributed by atoms with Crippen LogP contribution in [0.15, 0.2) is 84.0 Å². The van der Waals surface area contributed by atoms with Crippen LogP contribution in [0.25, 0.3) is 22.2 Å². The number of benzene rings is 3. The van der Waals surface area contributed by atoms with Gasteiger partial charge in [0, 0.05) is 16.0 Å². The predicted molar refractivity (Wildman–Crippen MR) is 114 cm³/mol. The average Bonchev–Trinajstić information content (AvgIpc) is 2.75. The average molecular weight is 404 g/mol. The van der Waals surface area contributed by atoms with Gasteiger partial charge in [0.2, 0.25) is 0 Å². The highest BCUT2D eigenvalue weighted by Gasteiger charge is 2.13. The van der Waals surface area contributed by atoms with Crippen molar-refractivity contribution in [1.29, 1.82) is 0 Å². The zero-order chi connectivity index (χ0) is 20.2. The van der Waals surface area contributed by atoms with Gasteiger partial charge in [0.05, 0.1) is 23.0 Å². The normalized spacial score (nSPS) is 11.1. The van der Waals surface area contributed by atoms with Crippen LogP contribution < -0.4 is 5.43 Å². The van der Waals surface area contributed by atoms with Gasteiger partial charge in [0.25, 0.3) is 5.91 Å². The summed E-state index contributed by atoms with van der Waals surface area (Å²) in [6.45, 7) is 0. The lowest BCUT2D eigenvalue weighted by Gasteiger charge is -2.09. The molecule has 0 aliphatic rings. The van der Waals surface area contributed by atoms with E-state index in [0.717, 1.165) is 10.9 Å². The van der Waals surface area contributed by atoms with Gasteiger partial charge >= 0.3 is 0 Å². The second kappa shape index (κ2) is 8.20. The van der Waals surface area contributed by atoms with Gasteiger partial charge in [-0.1, -0.05) is 54.1 Å². The molecule has 0 atom stereocenters. The molecule has 0 bridgehead atoms. The molecule has 142 valence electrons. The van der Waals surface area contributed by atoms with Crippen LogP contribution >= 0.6 is 11.6 Å². The van der Waals surface area contributed by atoms with Crippen molar-refractivity contribution in [3.63, 3.8) is 0 Å². The summed E-state index contributed by atoms with van der Waals surface area (Å²) >= 11 is 5.97. The van der Waals surface area contributed by atoms with Gasteiger partial charge in [-0.3, -0.25) is 4.79 Å². The lowest BCUT2D eigenvalue weighted by molar-refractivity contribution is 0.0956. The molecule has 0 saturated heterocycles. The maximum Gasteiger partial charge on any atom is 0.272 e. The Labute approximate surface area is 171 Å². The molecule has 0 fully saturated rings. The van der Waals surface area contributed by atoms with Crippen LogP contribution in [0.3, 0.4) is 0 Å². The number of nitrogens with one attached hydrogen (secondary N) is 1. The number of pyridine rings is 1. The minimum Gasteiger partial charge on any atom is -0.267 e. The lowest BCUT2D eigenvalue weighted by Crippen LogP contribution is -2.18. The first kappa shape index (κ1) is 18.8. The molecule has 0 radical (unpaired) electrons. The molecule has 1 aromatic heterocycles. The fourth-order valence-corrected chi connectivity index (χ4v) is 3.03. The summed E-state index contributed by atoms with van der Waals surface area (Å²) in [4.78, 5) is 17.5. The minimum absolute atomic E-state index is 0.329. The van der Waals surface area contributed by atoms with E-state index in [0.29, 0.717) is 27.4 Å². The fourth-order valence-electron chi connectivity index (χ4n) is 2.91. The van der Waals surface area contributed by atoms with Gasteiger partial charge in [-0.25, -0.2) is 14.8 Å². The largest absolute Gasteiger partial charge is 0.272 e. The van der Waals surface area contributed by atoms with Crippen molar-refractivity contribution >= 4 is 34.6 Å². The molecule has 1 heterocycles. The number of para-hydroxylation sites is 1. The number of hydrogen-bond acceptors (Lipinski definition) is 3. The van der Waals surface area contributed by atoms with Crippen molar-refractivity contribution in [3.8, 4) is 11.3 Å². The molecule has 0 saturated carbocycles. The number of fused-ring (bicyclic) bond motifs is 1. The minimum atomic E-state index is -0.364. The van der Waals surface area contributed by atoms with Gasteiger partial charge in [-0.05, 0) is 42.0 Å². The summed E-state index contributed by atoms with van der Waals surface area (Å²) in [5.41, 5.74) is 5.87. The molecule has 29 heavy (non-hydrogen) atoms. The summed E-state index contributed by atoms with van der Waals surface area (Å²) in [6, 6.07) is 22.2. The van der Waals surface area contributed by atoms with Gasteiger partial charge in [0.15, 0.2) is 0 Å². The van der Waals surface area contributed by atoms with Gasteiger partial charge in [-0.2, -0.15) is 5.10 Å². The van der Waals surface area contributed by atoms with Gasteiger partial charge in [-0.15, -0.1) is 0 Å². The molecule has 4 rings (SSSR count). The Hall–Kier alpha value is -3.57. The molecule has 0 aliphatic heterocycles. The Bertz CT molecular complexity index is 1210. The Balaban J connectivity index is 1.67. The third-order valence-corrected chi connectivity index (χ3v) is 4.60. The number of carbonyl (C=O) groups is 1. The number of aromatic nitrogens is 1. The molecule has 0 unspecified atom stereocenters. The second-order valence-corrected chi connectivity index (χ2v) is 6.77. The SMILES string of the molecule is O=C(NN=Cc1ccc(F)cc1)c1cc(-c2ccc(Cl)cc2)nc2ccccc12. The third-order valence-electron chi connectivity index (χ3n) is 4.35. The van der Waals surface area contributed by atoms with Crippen molar-refractivity contribution in [2.75, 3.05) is 0 Å². The van der Waals surface area contributed by atoms with E-state index in [9.17, 15) is 9.18 Å². The van der Waals surface area contributed by atoms with Gasteiger partial charge in [0.1, 0.15) is 5.82 Å². The highest BCUT2D eigenvalue weighted by molar-refractivity contribution is 6.30. The molecule has 6 heteroatoms. The Morgan fingerprint density at radius 2 is 1.72 bits per heavy atom. The molecular weight excluding hydrogens is 389 g/mol. The van der Waals surface area contributed by atoms with E-state index in [4.69, 9.17) is 11.6 Å². The molecule has 3 aromatic carbocycles. The summed E-state index contributed by atoms with van der Waals surface area (Å²) in [5, 5.41) is 5.33. The molecule has 0 aliphatic carbocycles. The van der Waals surface area contributed by atoms with Crippen LogP contribution in [0.4, 0.5) is 4.39 Å². The first-order valence-electron chi connectivity index (χ1n) is 8.85. The first-order valence-corrected chi connectivity index (χ1v) is 9.23. The maximum atomic E-state index is 13.0. The van der Waals surface area contributed by atoms with E-state index in [1.54, 1.807) is 30.3 Å². The van der Waals surface area contributed by atoms with E-state index in [1.807, 2.05) is 36.4 Å². The summed E-state index contributed by atoms with van der Waals surface area (Å²) < 4.78 is 13.0. The lowest BCUT2D eigenvalue weighted by atomic mass is 10.0. The number of carbonyl (C=O) groups excluding carboxylic acids is 1. The van der Waals surface area contributed by atoms with E-state index >= 15 is 0 Å². The standard InChI is InChI=1S/C23H15ClFN3O/c24-17-9-7-16(8-10-17)22-13-20(19-3-1-2-4-21(19)27-22)23(29)28-26-14-15-5-11-18(25)12-6-15/h1-14H,(H,28,29). The monoisotopic (exact) mass is 403 g/mol. The maximum absolute atomic E-state index is 13.0. The number of halogens is 2. The smallest absolute Gasteiger partial charge is 0.267 e. The van der Waals surface area contributed by atoms with Gasteiger partial charge < -0.3 is 0 Å². The number of hydrogen-bond donors (Lipinski definition) is 1. The van der Waals surface area contributed by atoms with Crippen LogP contribution in [0.5, 0.6) is 0 Å². The van der Waals surface area contributed by atoms with Crippen LogP contribution in [0, 0.1) is 5.82 Å². The summed E-state index contributed by atoms with van der Waals surface area (Å²) in [6.07, 6.45) is 1.46. The zero-order valence-electron chi connectivity index (χ0n) is 15.1. The Morgan fingerprint density at radius 1 is 1.00 bits per heavy atom. The van der Waals surface area contributed by atoms with E-state index in [2.05, 4.69) is 15.5 Å². The number of nitrogens with zero attached hydrogens (tertiary/aromatic N) is 2. The zero-order valence-corrected chi connectivity index (χ0v) is 15.9. The number of amides is 1. The Kier molecular flexibility index (Phi) is 5.31. The van der Waals surface area contributed by atoms with Crippen LogP contribution in [0.1, 0.15) is 15.9 Å². The highest BCUT2D eigenvalue weighted by Crippen LogP contribution is 2.26. The third kappa shape index (κ3) is 4.31. The van der Waals surface area contributed by atoms with Crippen molar-refractivity contribution in [2.45, 2.75) is 0 Å². The molecular formula is C23H15ClFN3O.